The van der Waals surface area contributed by atoms with Gasteiger partial charge in [-0.2, -0.15) is 0 Å². The molecule has 1 atom stereocenters. The Bertz CT molecular complexity index is 1050. The monoisotopic (exact) mass is 421 g/mol. The van der Waals surface area contributed by atoms with Crippen molar-refractivity contribution in [3.8, 4) is 0 Å². The number of nitrogens with one attached hydrogen (secondary N) is 2. The van der Waals surface area contributed by atoms with Crippen LogP contribution in [-0.4, -0.2) is 33.9 Å². The smallest absolute Gasteiger partial charge is 0.292 e. The van der Waals surface area contributed by atoms with Gasteiger partial charge in [0.2, 0.25) is 5.91 Å². The number of hydrogen-bond donors (Lipinski definition) is 2. The van der Waals surface area contributed by atoms with Crippen LogP contribution in [0.15, 0.2) is 48.5 Å². The zero-order chi connectivity index (χ0) is 22.0. The number of hydrogen-bond acceptors (Lipinski definition) is 5. The van der Waals surface area contributed by atoms with Crippen molar-refractivity contribution in [2.75, 3.05) is 18.0 Å². The zero-order valence-corrected chi connectivity index (χ0v) is 17.7. The second kappa shape index (κ2) is 8.75. The van der Waals surface area contributed by atoms with Gasteiger partial charge in [0, 0.05) is 25.1 Å². The summed E-state index contributed by atoms with van der Waals surface area (Å²) < 4.78 is 0. The molecule has 0 aliphatic carbocycles. The number of nitrogens with zero attached hydrogens (tertiary/aromatic N) is 3. The van der Waals surface area contributed by atoms with Crippen molar-refractivity contribution in [3.05, 3.63) is 64.5 Å². The normalized spacial score (nSPS) is 15.9. The van der Waals surface area contributed by atoms with Gasteiger partial charge in [0.25, 0.3) is 5.69 Å². The van der Waals surface area contributed by atoms with Crippen LogP contribution in [0, 0.1) is 22.0 Å². The molecule has 2 aromatic carbocycles. The van der Waals surface area contributed by atoms with Crippen molar-refractivity contribution >= 4 is 28.3 Å². The lowest BCUT2D eigenvalue weighted by Crippen LogP contribution is -2.42. The number of nitro groups is 1. The summed E-state index contributed by atoms with van der Waals surface area (Å²) in [5, 5.41) is 14.5. The van der Waals surface area contributed by atoms with Gasteiger partial charge in [0.05, 0.1) is 22.0 Å². The lowest BCUT2D eigenvalue weighted by Gasteiger charge is -2.33. The molecule has 4 rings (SSSR count). The van der Waals surface area contributed by atoms with Gasteiger partial charge >= 0.3 is 0 Å². The fourth-order valence-corrected chi connectivity index (χ4v) is 4.21. The summed E-state index contributed by atoms with van der Waals surface area (Å²) in [6, 6.07) is 14.4. The quantitative estimate of drug-likeness (QED) is 0.458. The van der Waals surface area contributed by atoms with E-state index in [1.54, 1.807) is 12.1 Å². The van der Waals surface area contributed by atoms with Crippen LogP contribution in [0.3, 0.4) is 0 Å². The lowest BCUT2D eigenvalue weighted by molar-refractivity contribution is -0.384. The van der Waals surface area contributed by atoms with Crippen LogP contribution in [0.4, 0.5) is 11.4 Å². The highest BCUT2D eigenvalue weighted by Crippen LogP contribution is 2.31. The Kier molecular flexibility index (Phi) is 5.88. The van der Waals surface area contributed by atoms with Crippen molar-refractivity contribution < 1.29 is 9.72 Å². The fourth-order valence-electron chi connectivity index (χ4n) is 4.21. The van der Waals surface area contributed by atoms with Crippen LogP contribution in [0.1, 0.15) is 38.6 Å². The number of amides is 1. The Hall–Kier alpha value is -3.42. The van der Waals surface area contributed by atoms with Gasteiger partial charge in [0.1, 0.15) is 11.5 Å². The third-order valence-electron chi connectivity index (χ3n) is 5.95. The van der Waals surface area contributed by atoms with E-state index in [9.17, 15) is 14.9 Å². The average Bonchev–Trinajstić information content (AvgIpc) is 3.21. The third-order valence-corrected chi connectivity index (χ3v) is 5.95. The first kappa shape index (κ1) is 20.8. The van der Waals surface area contributed by atoms with Gasteiger partial charge in [-0.1, -0.05) is 38.1 Å². The maximum Gasteiger partial charge on any atom is 0.292 e. The summed E-state index contributed by atoms with van der Waals surface area (Å²) in [5.74, 6) is 0.837. The largest absolute Gasteiger partial charge is 0.366 e. The third kappa shape index (κ3) is 4.38. The molecule has 2 heterocycles. The van der Waals surface area contributed by atoms with Crippen LogP contribution in [0.2, 0.25) is 0 Å². The van der Waals surface area contributed by atoms with E-state index in [0.717, 1.165) is 16.9 Å². The summed E-state index contributed by atoms with van der Waals surface area (Å²) in [6.07, 6.45) is 1.31. The SMILES string of the molecule is CC(C)[C@H](NC(=O)C1CCN(c2ccccc2[N+](=O)[O-])CC1)c1nc2ccccc2[nH]1. The number of anilines is 1. The van der Waals surface area contributed by atoms with Crippen LogP contribution in [0.5, 0.6) is 0 Å². The van der Waals surface area contributed by atoms with E-state index in [2.05, 4.69) is 29.1 Å². The standard InChI is InChI=1S/C23H27N5O3/c1-15(2)21(22-24-17-7-3-4-8-18(17)25-22)26-23(29)16-11-13-27(14-12-16)19-9-5-6-10-20(19)28(30)31/h3-10,15-16,21H,11-14H2,1-2H3,(H,24,25)(H,26,29)/t21-/m0/s1. The Labute approximate surface area is 180 Å². The molecule has 1 fully saturated rings. The highest BCUT2D eigenvalue weighted by atomic mass is 16.6. The predicted octanol–water partition coefficient (Wildman–Crippen LogP) is 4.20. The number of carbonyl (C=O) groups excluding carboxylic acids is 1. The van der Waals surface area contributed by atoms with E-state index < -0.39 is 0 Å². The molecule has 0 radical (unpaired) electrons. The van der Waals surface area contributed by atoms with Crippen LogP contribution < -0.4 is 10.2 Å². The van der Waals surface area contributed by atoms with E-state index in [4.69, 9.17) is 0 Å². The van der Waals surface area contributed by atoms with E-state index in [-0.39, 0.29) is 34.4 Å². The summed E-state index contributed by atoms with van der Waals surface area (Å²) >= 11 is 0. The van der Waals surface area contributed by atoms with E-state index in [1.165, 1.54) is 6.07 Å². The summed E-state index contributed by atoms with van der Waals surface area (Å²) in [6.45, 7) is 5.35. The maximum absolute atomic E-state index is 13.0. The van der Waals surface area contributed by atoms with Crippen LogP contribution in [0.25, 0.3) is 11.0 Å². The Morgan fingerprint density at radius 1 is 1.16 bits per heavy atom. The molecule has 2 N–H and O–H groups in total. The van der Waals surface area contributed by atoms with E-state index in [0.29, 0.717) is 31.6 Å². The van der Waals surface area contributed by atoms with Gasteiger partial charge in [-0.25, -0.2) is 4.98 Å². The molecular weight excluding hydrogens is 394 g/mol. The molecule has 0 unspecified atom stereocenters. The number of benzene rings is 2. The molecule has 3 aromatic rings. The second-order valence-corrected chi connectivity index (χ2v) is 8.38. The average molecular weight is 422 g/mol. The minimum atomic E-state index is -0.352. The predicted molar refractivity (Wildman–Crippen MR) is 120 cm³/mol. The molecule has 1 aromatic heterocycles. The van der Waals surface area contributed by atoms with Gasteiger partial charge in [0.15, 0.2) is 0 Å². The highest BCUT2D eigenvalue weighted by Gasteiger charge is 2.30. The molecule has 162 valence electrons. The maximum atomic E-state index is 13.0. The number of fused-ring (bicyclic) bond motifs is 1. The topological polar surface area (TPSA) is 104 Å². The van der Waals surface area contributed by atoms with Crippen molar-refractivity contribution in [1.29, 1.82) is 0 Å². The number of aromatic amines is 1. The molecule has 8 nitrogen and oxygen atoms in total. The Morgan fingerprint density at radius 3 is 2.52 bits per heavy atom. The molecule has 1 aliphatic rings. The molecule has 0 bridgehead atoms. The number of carbonyl (C=O) groups is 1. The zero-order valence-electron chi connectivity index (χ0n) is 17.7. The van der Waals surface area contributed by atoms with Crippen LogP contribution in [-0.2, 0) is 4.79 Å². The molecule has 1 amide bonds. The first-order valence-corrected chi connectivity index (χ1v) is 10.7. The van der Waals surface area contributed by atoms with Gasteiger partial charge in [-0.3, -0.25) is 14.9 Å². The summed E-state index contributed by atoms with van der Waals surface area (Å²) in [7, 11) is 0. The Morgan fingerprint density at radius 2 is 1.84 bits per heavy atom. The summed E-state index contributed by atoms with van der Waals surface area (Å²) in [5.41, 5.74) is 2.56. The van der Waals surface area contributed by atoms with E-state index in [1.807, 2.05) is 35.2 Å². The summed E-state index contributed by atoms with van der Waals surface area (Å²) in [4.78, 5) is 34.0. The number of H-pyrrole nitrogens is 1. The number of imidazole rings is 1. The number of rotatable bonds is 6. The molecular formula is C23H27N5O3. The van der Waals surface area contributed by atoms with Crippen molar-refractivity contribution in [2.45, 2.75) is 32.7 Å². The first-order valence-electron chi connectivity index (χ1n) is 10.7. The second-order valence-electron chi connectivity index (χ2n) is 8.38. The van der Waals surface area contributed by atoms with Gasteiger partial charge in [-0.05, 0) is 37.0 Å². The fraction of sp³-hybridized carbons (Fsp3) is 0.391. The van der Waals surface area contributed by atoms with Crippen LogP contribution >= 0.6 is 0 Å². The minimum Gasteiger partial charge on any atom is -0.366 e. The number of aromatic nitrogens is 2. The highest BCUT2D eigenvalue weighted by molar-refractivity contribution is 5.80. The van der Waals surface area contributed by atoms with E-state index >= 15 is 0 Å². The van der Waals surface area contributed by atoms with Gasteiger partial charge < -0.3 is 15.2 Å². The molecule has 0 spiro atoms. The van der Waals surface area contributed by atoms with Crippen molar-refractivity contribution in [1.82, 2.24) is 15.3 Å². The molecule has 0 saturated carbocycles. The molecule has 1 saturated heterocycles. The van der Waals surface area contributed by atoms with Crippen molar-refractivity contribution in [2.24, 2.45) is 11.8 Å². The lowest BCUT2D eigenvalue weighted by atomic mass is 9.94. The molecule has 31 heavy (non-hydrogen) atoms. The van der Waals surface area contributed by atoms with Gasteiger partial charge in [-0.15, -0.1) is 0 Å². The number of para-hydroxylation sites is 4. The molecule has 8 heteroatoms. The molecule has 1 aliphatic heterocycles. The minimum absolute atomic E-state index is 0.0152. The first-order chi connectivity index (χ1) is 14.9. The number of piperidine rings is 1. The van der Waals surface area contributed by atoms with Crippen molar-refractivity contribution in [3.63, 3.8) is 0 Å². The Balaban J connectivity index is 1.42. The number of nitro benzene ring substituents is 1.